The molecule has 19 heavy (non-hydrogen) atoms. The predicted octanol–water partition coefficient (Wildman–Crippen LogP) is 4.67. The molecule has 2 atom stereocenters. The molecule has 1 aliphatic rings. The highest BCUT2D eigenvalue weighted by atomic mass is 16.5. The number of likely N-dealkylation sites (N-methyl/N-ethyl adjacent to an activating group) is 1. The summed E-state index contributed by atoms with van der Waals surface area (Å²) in [7, 11) is 0. The summed E-state index contributed by atoms with van der Waals surface area (Å²) in [6.45, 7) is 6.54. The fourth-order valence-electron chi connectivity index (χ4n) is 3.09. The lowest BCUT2D eigenvalue weighted by molar-refractivity contribution is -0.00942. The zero-order valence-electron chi connectivity index (χ0n) is 13.3. The third kappa shape index (κ3) is 7.94. The summed E-state index contributed by atoms with van der Waals surface area (Å²) in [5.41, 5.74) is 0. The van der Waals surface area contributed by atoms with E-state index in [-0.39, 0.29) is 0 Å². The number of ether oxygens (including phenoxy) is 1. The first kappa shape index (κ1) is 17.0. The second-order valence-corrected chi connectivity index (χ2v) is 5.98. The average molecular weight is 269 g/mol. The Morgan fingerprint density at radius 3 is 2.37 bits per heavy atom. The van der Waals surface area contributed by atoms with Crippen LogP contribution in [0.2, 0.25) is 0 Å². The molecule has 0 aromatic rings. The van der Waals surface area contributed by atoms with Crippen molar-refractivity contribution in [3.05, 3.63) is 0 Å². The summed E-state index contributed by atoms with van der Waals surface area (Å²) in [4.78, 5) is 0. The molecule has 0 saturated carbocycles. The average Bonchev–Trinajstić information content (AvgIpc) is 2.46. The Kier molecular flexibility index (Phi) is 10.5. The van der Waals surface area contributed by atoms with E-state index in [1.807, 2.05) is 0 Å². The van der Waals surface area contributed by atoms with E-state index >= 15 is 0 Å². The van der Waals surface area contributed by atoms with E-state index in [0.717, 1.165) is 13.2 Å². The third-order valence-corrected chi connectivity index (χ3v) is 4.25. The minimum absolute atomic E-state index is 0.480. The van der Waals surface area contributed by atoms with Gasteiger partial charge in [0.05, 0.1) is 6.10 Å². The molecule has 1 rings (SSSR count). The summed E-state index contributed by atoms with van der Waals surface area (Å²) >= 11 is 0. The lowest BCUT2D eigenvalue weighted by Gasteiger charge is -2.31. The molecule has 0 aliphatic carbocycles. The van der Waals surface area contributed by atoms with Crippen LogP contribution in [0.25, 0.3) is 0 Å². The molecule has 114 valence electrons. The molecule has 1 aliphatic heterocycles. The van der Waals surface area contributed by atoms with Crippen molar-refractivity contribution in [1.29, 1.82) is 0 Å². The first-order valence-corrected chi connectivity index (χ1v) is 8.73. The molecule has 0 aromatic carbocycles. The summed E-state index contributed by atoms with van der Waals surface area (Å²) < 4.78 is 5.94. The van der Waals surface area contributed by atoms with Gasteiger partial charge in [0.1, 0.15) is 0 Å². The zero-order chi connectivity index (χ0) is 13.8. The van der Waals surface area contributed by atoms with Crippen molar-refractivity contribution >= 4 is 0 Å². The summed E-state index contributed by atoms with van der Waals surface area (Å²) in [6, 6.07) is 0.598. The van der Waals surface area contributed by atoms with E-state index in [0.29, 0.717) is 12.1 Å². The topological polar surface area (TPSA) is 21.3 Å². The Bertz CT molecular complexity index is 190. The maximum Gasteiger partial charge on any atom is 0.0728 e. The minimum atomic E-state index is 0.480. The van der Waals surface area contributed by atoms with Gasteiger partial charge in [-0.2, -0.15) is 0 Å². The Labute approximate surface area is 120 Å². The highest BCUT2D eigenvalue weighted by Gasteiger charge is 2.23. The van der Waals surface area contributed by atoms with Gasteiger partial charge in [-0.15, -0.1) is 0 Å². The van der Waals surface area contributed by atoms with Crippen LogP contribution in [0.4, 0.5) is 0 Å². The summed E-state index contributed by atoms with van der Waals surface area (Å²) in [6.07, 6.45) is 15.5. The van der Waals surface area contributed by atoms with Gasteiger partial charge in [0.25, 0.3) is 0 Å². The van der Waals surface area contributed by atoms with Gasteiger partial charge in [-0.3, -0.25) is 0 Å². The third-order valence-electron chi connectivity index (χ3n) is 4.25. The maximum absolute atomic E-state index is 5.94. The van der Waals surface area contributed by atoms with Crippen LogP contribution >= 0.6 is 0 Å². The Morgan fingerprint density at radius 2 is 1.74 bits per heavy atom. The smallest absolute Gasteiger partial charge is 0.0728 e. The van der Waals surface area contributed by atoms with Crippen LogP contribution in [0.1, 0.15) is 84.5 Å². The van der Waals surface area contributed by atoms with Crippen LogP contribution < -0.4 is 5.32 Å². The van der Waals surface area contributed by atoms with Gasteiger partial charge >= 0.3 is 0 Å². The number of hydrogen-bond donors (Lipinski definition) is 1. The molecule has 2 nitrogen and oxygen atoms in total. The van der Waals surface area contributed by atoms with E-state index in [2.05, 4.69) is 19.2 Å². The van der Waals surface area contributed by atoms with E-state index in [1.165, 1.54) is 70.6 Å². The largest absolute Gasteiger partial charge is 0.377 e. The van der Waals surface area contributed by atoms with Crippen LogP contribution in [-0.4, -0.2) is 25.3 Å². The van der Waals surface area contributed by atoms with Crippen LogP contribution in [0, 0.1) is 0 Å². The fourth-order valence-corrected chi connectivity index (χ4v) is 3.09. The Balaban J connectivity index is 2.07. The van der Waals surface area contributed by atoms with Gasteiger partial charge in [-0.1, -0.05) is 58.8 Å². The molecular weight excluding hydrogens is 234 g/mol. The standard InChI is InChI=1S/C17H35NO/c1-3-5-6-7-8-9-10-13-16(18-4-2)17-14-11-12-15-19-17/h16-18H,3-15H2,1-2H3. The normalized spacial score (nSPS) is 21.5. The molecule has 1 saturated heterocycles. The molecule has 0 radical (unpaired) electrons. The second kappa shape index (κ2) is 11.7. The quantitative estimate of drug-likeness (QED) is 0.550. The Morgan fingerprint density at radius 1 is 1.00 bits per heavy atom. The van der Waals surface area contributed by atoms with Crippen molar-refractivity contribution in [3.8, 4) is 0 Å². The molecular formula is C17H35NO. The number of hydrogen-bond acceptors (Lipinski definition) is 2. The highest BCUT2D eigenvalue weighted by Crippen LogP contribution is 2.20. The molecule has 1 heterocycles. The highest BCUT2D eigenvalue weighted by molar-refractivity contribution is 4.79. The molecule has 1 N–H and O–H groups in total. The lowest BCUT2D eigenvalue weighted by Crippen LogP contribution is -2.42. The van der Waals surface area contributed by atoms with Gasteiger partial charge in [-0.25, -0.2) is 0 Å². The fraction of sp³-hybridized carbons (Fsp3) is 1.00. The van der Waals surface area contributed by atoms with Crippen LogP contribution in [0.3, 0.4) is 0 Å². The Hall–Kier alpha value is -0.0800. The second-order valence-electron chi connectivity index (χ2n) is 5.98. The molecule has 0 aromatic heterocycles. The predicted molar refractivity (Wildman–Crippen MR) is 83.7 cm³/mol. The summed E-state index contributed by atoms with van der Waals surface area (Å²) in [5, 5.41) is 3.64. The van der Waals surface area contributed by atoms with Crippen molar-refractivity contribution in [2.75, 3.05) is 13.2 Å². The van der Waals surface area contributed by atoms with E-state index in [4.69, 9.17) is 4.74 Å². The lowest BCUT2D eigenvalue weighted by atomic mass is 9.96. The van der Waals surface area contributed by atoms with Crippen molar-refractivity contribution in [3.63, 3.8) is 0 Å². The molecule has 1 fully saturated rings. The van der Waals surface area contributed by atoms with Crippen LogP contribution in [0.5, 0.6) is 0 Å². The van der Waals surface area contributed by atoms with Crippen molar-refractivity contribution in [2.24, 2.45) is 0 Å². The van der Waals surface area contributed by atoms with Gasteiger partial charge in [0, 0.05) is 12.6 Å². The molecule has 2 heteroatoms. The minimum Gasteiger partial charge on any atom is -0.377 e. The van der Waals surface area contributed by atoms with Crippen molar-refractivity contribution in [1.82, 2.24) is 5.32 Å². The molecule has 0 bridgehead atoms. The number of nitrogens with one attached hydrogen (secondary N) is 1. The maximum atomic E-state index is 5.94. The summed E-state index contributed by atoms with van der Waals surface area (Å²) in [5.74, 6) is 0. The van der Waals surface area contributed by atoms with Crippen LogP contribution in [-0.2, 0) is 4.74 Å². The molecule has 0 amide bonds. The van der Waals surface area contributed by atoms with Crippen molar-refractivity contribution < 1.29 is 4.74 Å². The molecule has 0 spiro atoms. The number of unbranched alkanes of at least 4 members (excludes halogenated alkanes) is 6. The van der Waals surface area contributed by atoms with E-state index in [9.17, 15) is 0 Å². The van der Waals surface area contributed by atoms with Gasteiger partial charge in [-0.05, 0) is 32.2 Å². The van der Waals surface area contributed by atoms with E-state index in [1.54, 1.807) is 0 Å². The van der Waals surface area contributed by atoms with Crippen molar-refractivity contribution in [2.45, 2.75) is 96.6 Å². The number of rotatable bonds is 11. The zero-order valence-corrected chi connectivity index (χ0v) is 13.3. The first-order valence-electron chi connectivity index (χ1n) is 8.73. The SMILES string of the molecule is CCCCCCCCCC(NCC)C1CCCCO1. The van der Waals surface area contributed by atoms with Gasteiger partial charge in [0.15, 0.2) is 0 Å². The monoisotopic (exact) mass is 269 g/mol. The van der Waals surface area contributed by atoms with E-state index < -0.39 is 0 Å². The van der Waals surface area contributed by atoms with Gasteiger partial charge < -0.3 is 10.1 Å². The van der Waals surface area contributed by atoms with Crippen LogP contribution in [0.15, 0.2) is 0 Å². The first-order chi connectivity index (χ1) is 9.38. The van der Waals surface area contributed by atoms with Gasteiger partial charge in [0.2, 0.25) is 0 Å². The molecule has 2 unspecified atom stereocenters.